The van der Waals surface area contributed by atoms with Gasteiger partial charge in [0.15, 0.2) is 5.78 Å². The maximum Gasteiger partial charge on any atom is 0.155 e. The van der Waals surface area contributed by atoms with Crippen molar-refractivity contribution in [2.24, 2.45) is 40.4 Å². The van der Waals surface area contributed by atoms with E-state index in [0.717, 1.165) is 51.4 Å². The molecule has 3 fully saturated rings. The summed E-state index contributed by atoms with van der Waals surface area (Å²) in [6, 6.07) is 0. The minimum Gasteiger partial charge on any atom is -0.389 e. The van der Waals surface area contributed by atoms with E-state index in [1.807, 2.05) is 13.0 Å². The van der Waals surface area contributed by atoms with E-state index < -0.39 is 5.60 Å². The van der Waals surface area contributed by atoms with Gasteiger partial charge in [0.25, 0.3) is 0 Å². The van der Waals surface area contributed by atoms with Crippen LogP contribution in [0.5, 0.6) is 0 Å². The minimum absolute atomic E-state index is 0.0817. The lowest BCUT2D eigenvalue weighted by Crippen LogP contribution is -2.53. The molecule has 4 aliphatic rings. The zero-order chi connectivity index (χ0) is 21.9. The van der Waals surface area contributed by atoms with Crippen LogP contribution < -0.4 is 0 Å². The van der Waals surface area contributed by atoms with Gasteiger partial charge in [-0.2, -0.15) is 0 Å². The zero-order valence-electron chi connectivity index (χ0n) is 19.8. The van der Waals surface area contributed by atoms with Crippen molar-refractivity contribution in [3.8, 4) is 0 Å². The Hall–Kier alpha value is -0.960. The number of aliphatic hydroxyl groups is 1. The molecule has 3 nitrogen and oxygen atoms in total. The van der Waals surface area contributed by atoms with E-state index in [0.29, 0.717) is 48.1 Å². The van der Waals surface area contributed by atoms with Crippen molar-refractivity contribution in [3.05, 3.63) is 11.6 Å². The van der Waals surface area contributed by atoms with Crippen LogP contribution in [0.4, 0.5) is 0 Å². The van der Waals surface area contributed by atoms with Gasteiger partial charge in [0, 0.05) is 12.8 Å². The molecule has 0 aromatic rings. The highest BCUT2D eigenvalue weighted by Crippen LogP contribution is 2.67. The Balaban J connectivity index is 1.58. The van der Waals surface area contributed by atoms with Crippen molar-refractivity contribution in [2.45, 2.75) is 104 Å². The van der Waals surface area contributed by atoms with Gasteiger partial charge < -0.3 is 5.11 Å². The quantitative estimate of drug-likeness (QED) is 0.610. The maximum atomic E-state index is 13.4. The van der Waals surface area contributed by atoms with E-state index in [2.05, 4.69) is 27.7 Å². The van der Waals surface area contributed by atoms with Gasteiger partial charge in [-0.25, -0.2) is 0 Å². The molecule has 168 valence electrons. The molecular weight excluding hydrogens is 372 g/mol. The Labute approximate surface area is 183 Å². The molecule has 1 N–H and O–H groups in total. The number of carbonyl (C=O) groups is 2. The van der Waals surface area contributed by atoms with E-state index in [-0.39, 0.29) is 16.7 Å². The average Bonchev–Trinajstić information content (AvgIpc) is 2.92. The Morgan fingerprint density at radius 2 is 1.87 bits per heavy atom. The van der Waals surface area contributed by atoms with Crippen LogP contribution in [0.1, 0.15) is 98.8 Å². The highest BCUT2D eigenvalue weighted by atomic mass is 16.3. The number of rotatable bonds is 5. The molecule has 3 heteroatoms. The highest BCUT2D eigenvalue weighted by Gasteiger charge is 2.64. The van der Waals surface area contributed by atoms with Crippen LogP contribution >= 0.6 is 0 Å². The third-order valence-corrected chi connectivity index (χ3v) is 9.89. The second-order valence-corrected chi connectivity index (χ2v) is 12.3. The van der Waals surface area contributed by atoms with E-state index in [1.54, 1.807) is 0 Å². The largest absolute Gasteiger partial charge is 0.389 e. The van der Waals surface area contributed by atoms with Crippen molar-refractivity contribution in [3.63, 3.8) is 0 Å². The lowest BCUT2D eigenvalue weighted by Gasteiger charge is -2.58. The van der Waals surface area contributed by atoms with Gasteiger partial charge in [-0.1, -0.05) is 46.1 Å². The number of carbonyl (C=O) groups excluding carboxylic acids is 2. The van der Waals surface area contributed by atoms with Crippen molar-refractivity contribution in [1.29, 1.82) is 0 Å². The van der Waals surface area contributed by atoms with E-state index in [1.165, 1.54) is 5.57 Å². The van der Waals surface area contributed by atoms with Crippen LogP contribution in [0, 0.1) is 40.4 Å². The van der Waals surface area contributed by atoms with Gasteiger partial charge in [-0.15, -0.1) is 0 Å². The molecule has 0 heterocycles. The molecule has 4 rings (SSSR count). The smallest absolute Gasteiger partial charge is 0.155 e. The van der Waals surface area contributed by atoms with Gasteiger partial charge in [-0.3, -0.25) is 9.59 Å². The number of hydrogen-bond donors (Lipinski definition) is 1. The number of allylic oxidation sites excluding steroid dienone is 1. The molecule has 0 aromatic heterocycles. The Bertz CT molecular complexity index is 747. The van der Waals surface area contributed by atoms with Crippen LogP contribution in [0.25, 0.3) is 0 Å². The fourth-order valence-corrected chi connectivity index (χ4v) is 8.42. The van der Waals surface area contributed by atoms with Crippen LogP contribution in [0.3, 0.4) is 0 Å². The summed E-state index contributed by atoms with van der Waals surface area (Å²) < 4.78 is 0. The van der Waals surface area contributed by atoms with Crippen LogP contribution in [0.2, 0.25) is 0 Å². The van der Waals surface area contributed by atoms with Gasteiger partial charge in [0.05, 0.1) is 11.5 Å². The summed E-state index contributed by atoms with van der Waals surface area (Å²) >= 11 is 0. The summed E-state index contributed by atoms with van der Waals surface area (Å²) in [7, 11) is 0. The zero-order valence-corrected chi connectivity index (χ0v) is 19.8. The molecule has 3 saturated carbocycles. The summed E-state index contributed by atoms with van der Waals surface area (Å²) in [5, 5.41) is 11.5. The third-order valence-electron chi connectivity index (χ3n) is 9.89. The van der Waals surface area contributed by atoms with Crippen molar-refractivity contribution < 1.29 is 14.7 Å². The van der Waals surface area contributed by atoms with Crippen LogP contribution in [0.15, 0.2) is 11.6 Å². The maximum absolute atomic E-state index is 13.4. The molecule has 30 heavy (non-hydrogen) atoms. The first-order valence-electron chi connectivity index (χ1n) is 12.5. The fourth-order valence-electron chi connectivity index (χ4n) is 8.42. The molecule has 0 bridgehead atoms. The second-order valence-electron chi connectivity index (χ2n) is 12.3. The van der Waals surface area contributed by atoms with Crippen LogP contribution in [-0.2, 0) is 9.59 Å². The van der Waals surface area contributed by atoms with E-state index >= 15 is 0 Å². The summed E-state index contributed by atoms with van der Waals surface area (Å²) in [5.74, 6) is 2.55. The van der Waals surface area contributed by atoms with Crippen LogP contribution in [-0.4, -0.2) is 22.3 Å². The topological polar surface area (TPSA) is 54.4 Å². The average molecular weight is 415 g/mol. The Morgan fingerprint density at radius 1 is 1.13 bits per heavy atom. The predicted molar refractivity (Wildman–Crippen MR) is 120 cm³/mol. The normalized spacial score (nSPS) is 43.0. The summed E-state index contributed by atoms with van der Waals surface area (Å²) in [6.07, 6.45) is 11.4. The molecule has 0 amide bonds. The van der Waals surface area contributed by atoms with Crippen molar-refractivity contribution >= 4 is 11.6 Å². The number of fused-ring (bicyclic) bond motifs is 5. The predicted octanol–water partition coefficient (Wildman–Crippen LogP) is 5.89. The molecule has 0 saturated heterocycles. The molecule has 0 aliphatic heterocycles. The van der Waals surface area contributed by atoms with Gasteiger partial charge in [-0.05, 0) is 86.0 Å². The first-order valence-corrected chi connectivity index (χ1v) is 12.5. The molecule has 7 atom stereocenters. The molecule has 0 radical (unpaired) electrons. The monoisotopic (exact) mass is 414 g/mol. The standard InChI is InChI=1S/C27H42O3/c1-17(2)7-6-12-27(5,30)24-23(29)16-22-20-9-8-18-15-19(28)10-13-25(18,3)21(20)11-14-26(22,24)4/h15,17,20-22,24,30H,6-14,16H2,1-5H3/t20-,21+,22+,24+,25+,26+,27+/m1/s1. The first-order chi connectivity index (χ1) is 14.0. The number of ketones is 2. The molecule has 4 aliphatic carbocycles. The highest BCUT2D eigenvalue weighted by molar-refractivity contribution is 5.91. The Kier molecular flexibility index (Phi) is 5.61. The SMILES string of the molecule is CC(C)CCC[C@](C)(O)[C@H]1C(=O)C[C@H]2[C@@H]3CCC4=CC(=O)CC[C@]4(C)[C@H]3CC[C@@]21C. The van der Waals surface area contributed by atoms with Gasteiger partial charge in [0.2, 0.25) is 0 Å². The minimum atomic E-state index is -0.900. The third kappa shape index (κ3) is 3.44. The lowest BCUT2D eigenvalue weighted by atomic mass is 9.46. The molecule has 0 unspecified atom stereocenters. The van der Waals surface area contributed by atoms with Crippen molar-refractivity contribution in [1.82, 2.24) is 0 Å². The second kappa shape index (κ2) is 7.57. The van der Waals surface area contributed by atoms with E-state index in [4.69, 9.17) is 0 Å². The van der Waals surface area contributed by atoms with E-state index in [9.17, 15) is 14.7 Å². The number of Topliss-reactive ketones (excluding diaryl/α,β-unsaturated/α-hetero) is 1. The summed E-state index contributed by atoms with van der Waals surface area (Å²) in [6.45, 7) is 11.1. The van der Waals surface area contributed by atoms with Gasteiger partial charge in [0.1, 0.15) is 5.78 Å². The van der Waals surface area contributed by atoms with Gasteiger partial charge >= 0.3 is 0 Å². The summed E-state index contributed by atoms with van der Waals surface area (Å²) in [5.41, 5.74) is 0.536. The molecule has 0 spiro atoms. The summed E-state index contributed by atoms with van der Waals surface area (Å²) in [4.78, 5) is 25.4. The number of hydrogen-bond acceptors (Lipinski definition) is 3. The molecular formula is C27H42O3. The lowest BCUT2D eigenvalue weighted by molar-refractivity contribution is -0.139. The van der Waals surface area contributed by atoms with Crippen molar-refractivity contribution in [2.75, 3.05) is 0 Å². The Morgan fingerprint density at radius 3 is 2.57 bits per heavy atom. The first kappa shape index (κ1) is 22.2. The fraction of sp³-hybridized carbons (Fsp3) is 0.852. The molecule has 0 aromatic carbocycles.